The van der Waals surface area contributed by atoms with Gasteiger partial charge in [-0.3, -0.25) is 0 Å². The van der Waals surface area contributed by atoms with Crippen LogP contribution in [-0.4, -0.2) is 19.6 Å². The number of anilines is 1. The Morgan fingerprint density at radius 3 is 2.48 bits per heavy atom. The van der Waals surface area contributed by atoms with E-state index >= 15 is 0 Å². The molecule has 0 saturated carbocycles. The van der Waals surface area contributed by atoms with Gasteiger partial charge in [-0.2, -0.15) is 0 Å². The van der Waals surface area contributed by atoms with E-state index in [0.29, 0.717) is 5.92 Å². The molecule has 1 N–H and O–H groups in total. The highest BCUT2D eigenvalue weighted by molar-refractivity contribution is 9.10. The molecule has 0 heterocycles. The van der Waals surface area contributed by atoms with Gasteiger partial charge in [0.05, 0.1) is 0 Å². The fourth-order valence-corrected chi connectivity index (χ4v) is 2.73. The number of hydrogen-bond acceptors (Lipinski definition) is 2. The lowest BCUT2D eigenvalue weighted by molar-refractivity contribution is 0.540. The van der Waals surface area contributed by atoms with Crippen LogP contribution < -0.4 is 10.2 Å². The van der Waals surface area contributed by atoms with Crippen molar-refractivity contribution < 1.29 is 0 Å². The quantitative estimate of drug-likeness (QED) is 0.665. The molecular formula is C18H31BrN2. The summed E-state index contributed by atoms with van der Waals surface area (Å²) >= 11 is 3.62. The smallest absolute Gasteiger partial charge is 0.0423 e. The second-order valence-corrected chi connectivity index (χ2v) is 7.27. The molecular weight excluding hydrogens is 324 g/mol. The van der Waals surface area contributed by atoms with Crippen LogP contribution in [0.5, 0.6) is 0 Å². The summed E-state index contributed by atoms with van der Waals surface area (Å²) in [5.74, 6) is 1.41. The molecule has 0 aliphatic carbocycles. The van der Waals surface area contributed by atoms with Crippen LogP contribution >= 0.6 is 15.9 Å². The molecule has 1 rings (SSSR count). The molecule has 0 bridgehead atoms. The van der Waals surface area contributed by atoms with Crippen LogP contribution in [0.1, 0.15) is 46.6 Å². The molecule has 1 aromatic rings. The van der Waals surface area contributed by atoms with Crippen LogP contribution in [0.3, 0.4) is 0 Å². The first-order chi connectivity index (χ1) is 9.97. The van der Waals surface area contributed by atoms with Gasteiger partial charge < -0.3 is 10.2 Å². The number of halogens is 1. The molecule has 0 saturated heterocycles. The van der Waals surface area contributed by atoms with E-state index in [-0.39, 0.29) is 0 Å². The fraction of sp³-hybridized carbons (Fsp3) is 0.667. The van der Waals surface area contributed by atoms with E-state index in [0.717, 1.165) is 36.6 Å². The van der Waals surface area contributed by atoms with Gasteiger partial charge in [0, 0.05) is 29.8 Å². The van der Waals surface area contributed by atoms with Crippen molar-refractivity contribution in [2.24, 2.45) is 11.8 Å². The molecule has 0 fully saturated rings. The summed E-state index contributed by atoms with van der Waals surface area (Å²) in [5.41, 5.74) is 2.76. The molecule has 1 unspecified atom stereocenters. The van der Waals surface area contributed by atoms with Gasteiger partial charge in [-0.15, -0.1) is 0 Å². The first-order valence-electron chi connectivity index (χ1n) is 8.21. The van der Waals surface area contributed by atoms with Crippen molar-refractivity contribution in [1.29, 1.82) is 0 Å². The topological polar surface area (TPSA) is 15.3 Å². The Hall–Kier alpha value is -0.540. The minimum atomic E-state index is 0.686. The predicted octanol–water partition coefficient (Wildman–Crippen LogP) is 5.07. The van der Waals surface area contributed by atoms with Crippen molar-refractivity contribution in [2.45, 2.75) is 47.6 Å². The third kappa shape index (κ3) is 6.39. The SMILES string of the molecule is CCC(C)CN(CC)c1cc(Br)ccc1CNCC(C)C. The maximum atomic E-state index is 3.62. The number of nitrogens with zero attached hydrogens (tertiary/aromatic N) is 1. The number of hydrogen-bond donors (Lipinski definition) is 1. The lowest BCUT2D eigenvalue weighted by Crippen LogP contribution is -2.30. The van der Waals surface area contributed by atoms with E-state index in [1.807, 2.05) is 0 Å². The van der Waals surface area contributed by atoms with Gasteiger partial charge in [-0.25, -0.2) is 0 Å². The third-order valence-corrected chi connectivity index (χ3v) is 4.36. The van der Waals surface area contributed by atoms with Gasteiger partial charge in [0.1, 0.15) is 0 Å². The molecule has 1 atom stereocenters. The number of benzene rings is 1. The number of rotatable bonds is 9. The van der Waals surface area contributed by atoms with Crippen LogP contribution in [-0.2, 0) is 6.54 Å². The lowest BCUT2D eigenvalue weighted by Gasteiger charge is -2.29. The summed E-state index contributed by atoms with van der Waals surface area (Å²) in [6.07, 6.45) is 1.23. The summed E-state index contributed by atoms with van der Waals surface area (Å²) < 4.78 is 1.16. The van der Waals surface area contributed by atoms with Crippen LogP contribution in [0.25, 0.3) is 0 Å². The molecule has 120 valence electrons. The average molecular weight is 355 g/mol. The van der Waals surface area contributed by atoms with Crippen LogP contribution in [0.15, 0.2) is 22.7 Å². The summed E-state index contributed by atoms with van der Waals surface area (Å²) in [5, 5.41) is 3.57. The average Bonchev–Trinajstić information content (AvgIpc) is 2.45. The van der Waals surface area contributed by atoms with Gasteiger partial charge in [-0.05, 0) is 43.0 Å². The van der Waals surface area contributed by atoms with Gasteiger partial charge in [0.2, 0.25) is 0 Å². The molecule has 0 spiro atoms. The summed E-state index contributed by atoms with van der Waals surface area (Å²) in [7, 11) is 0. The first-order valence-corrected chi connectivity index (χ1v) is 9.01. The molecule has 0 aliphatic rings. The maximum absolute atomic E-state index is 3.62. The van der Waals surface area contributed by atoms with Crippen molar-refractivity contribution in [3.8, 4) is 0 Å². The Morgan fingerprint density at radius 1 is 1.19 bits per heavy atom. The minimum Gasteiger partial charge on any atom is -0.371 e. The molecule has 2 nitrogen and oxygen atoms in total. The molecule has 0 radical (unpaired) electrons. The largest absolute Gasteiger partial charge is 0.371 e. The Morgan fingerprint density at radius 2 is 1.90 bits per heavy atom. The summed E-state index contributed by atoms with van der Waals surface area (Å²) in [6.45, 7) is 15.5. The van der Waals surface area contributed by atoms with Crippen molar-refractivity contribution in [3.05, 3.63) is 28.2 Å². The van der Waals surface area contributed by atoms with Crippen molar-refractivity contribution >= 4 is 21.6 Å². The zero-order chi connectivity index (χ0) is 15.8. The standard InChI is InChI=1S/C18H31BrN2/c1-6-15(5)13-21(7-2)18-10-17(19)9-8-16(18)12-20-11-14(3)4/h8-10,14-15,20H,6-7,11-13H2,1-5H3. The highest BCUT2D eigenvalue weighted by Gasteiger charge is 2.13. The van der Waals surface area contributed by atoms with Gasteiger partial charge in [-0.1, -0.05) is 56.1 Å². The Labute approximate surface area is 139 Å². The van der Waals surface area contributed by atoms with Gasteiger partial charge in [0.25, 0.3) is 0 Å². The first kappa shape index (κ1) is 18.5. The molecule has 3 heteroatoms. The fourth-order valence-electron chi connectivity index (χ4n) is 2.38. The van der Waals surface area contributed by atoms with Crippen molar-refractivity contribution in [2.75, 3.05) is 24.5 Å². The Balaban J connectivity index is 2.88. The number of nitrogens with one attached hydrogen (secondary N) is 1. The van der Waals surface area contributed by atoms with E-state index in [2.05, 4.69) is 79.0 Å². The summed E-state index contributed by atoms with van der Waals surface area (Å²) in [6, 6.07) is 6.65. The van der Waals surface area contributed by atoms with Crippen LogP contribution in [0, 0.1) is 11.8 Å². The Kier molecular flexibility index (Phi) is 8.35. The van der Waals surface area contributed by atoms with Crippen molar-refractivity contribution in [1.82, 2.24) is 5.32 Å². The second kappa shape index (κ2) is 9.47. The zero-order valence-electron chi connectivity index (χ0n) is 14.2. The van der Waals surface area contributed by atoms with E-state index in [4.69, 9.17) is 0 Å². The molecule has 21 heavy (non-hydrogen) atoms. The van der Waals surface area contributed by atoms with E-state index in [9.17, 15) is 0 Å². The van der Waals surface area contributed by atoms with Crippen molar-refractivity contribution in [3.63, 3.8) is 0 Å². The second-order valence-electron chi connectivity index (χ2n) is 6.35. The molecule has 0 amide bonds. The maximum Gasteiger partial charge on any atom is 0.0423 e. The predicted molar refractivity (Wildman–Crippen MR) is 98.0 cm³/mol. The molecule has 0 aromatic heterocycles. The highest BCUT2D eigenvalue weighted by atomic mass is 79.9. The van der Waals surface area contributed by atoms with E-state index < -0.39 is 0 Å². The van der Waals surface area contributed by atoms with Gasteiger partial charge in [0.15, 0.2) is 0 Å². The zero-order valence-corrected chi connectivity index (χ0v) is 15.8. The van der Waals surface area contributed by atoms with E-state index in [1.54, 1.807) is 0 Å². The van der Waals surface area contributed by atoms with Gasteiger partial charge >= 0.3 is 0 Å². The lowest BCUT2D eigenvalue weighted by atomic mass is 10.1. The third-order valence-electron chi connectivity index (χ3n) is 3.87. The van der Waals surface area contributed by atoms with Crippen LogP contribution in [0.4, 0.5) is 5.69 Å². The highest BCUT2D eigenvalue weighted by Crippen LogP contribution is 2.26. The molecule has 0 aliphatic heterocycles. The normalized spacial score (nSPS) is 12.7. The van der Waals surface area contributed by atoms with E-state index in [1.165, 1.54) is 17.7 Å². The summed E-state index contributed by atoms with van der Waals surface area (Å²) in [4.78, 5) is 2.51. The molecule has 1 aromatic carbocycles. The monoisotopic (exact) mass is 354 g/mol. The Bertz CT molecular complexity index is 418. The minimum absolute atomic E-state index is 0.686. The van der Waals surface area contributed by atoms with Crippen LogP contribution in [0.2, 0.25) is 0 Å².